The Labute approximate surface area is 182 Å². The average molecular weight is 420 g/mol. The largest absolute Gasteiger partial charge is 0.478 e. The van der Waals surface area contributed by atoms with Crippen LogP contribution in [0.2, 0.25) is 0 Å². The molecule has 0 radical (unpaired) electrons. The molecule has 3 aromatic rings. The second kappa shape index (κ2) is 9.04. The van der Waals surface area contributed by atoms with E-state index in [4.69, 9.17) is 0 Å². The molecule has 2 heterocycles. The summed E-state index contributed by atoms with van der Waals surface area (Å²) in [6, 6.07) is 16.9. The van der Waals surface area contributed by atoms with E-state index in [-0.39, 0.29) is 11.1 Å². The van der Waals surface area contributed by atoms with E-state index in [0.717, 1.165) is 32.6 Å². The normalized spacial score (nSPS) is 16.5. The Bertz CT molecular complexity index is 1130. The Balaban J connectivity index is 1.82. The summed E-state index contributed by atoms with van der Waals surface area (Å²) in [6.07, 6.45) is 1.11. The third-order valence-corrected chi connectivity index (χ3v) is 6.41. The lowest BCUT2D eigenvalue weighted by Crippen LogP contribution is -2.49. The number of fused-ring (bicyclic) bond motifs is 1. The third-order valence-electron chi connectivity index (χ3n) is 6.41. The van der Waals surface area contributed by atoms with Crippen LogP contribution in [0.15, 0.2) is 59.4 Å². The van der Waals surface area contributed by atoms with E-state index >= 15 is 0 Å². The van der Waals surface area contributed by atoms with Gasteiger partial charge in [0.15, 0.2) is 0 Å². The fraction of sp³-hybridized carbons (Fsp3) is 0.360. The minimum absolute atomic E-state index is 0.181. The minimum atomic E-state index is -1.01. The highest BCUT2D eigenvalue weighted by Gasteiger charge is 2.26. The first kappa shape index (κ1) is 21.3. The van der Waals surface area contributed by atoms with Gasteiger partial charge in [-0.1, -0.05) is 43.3 Å². The van der Waals surface area contributed by atoms with Crippen LogP contribution in [0.4, 0.5) is 0 Å². The maximum Gasteiger partial charge on any atom is 0.338 e. The van der Waals surface area contributed by atoms with Crippen LogP contribution in [0.3, 0.4) is 0 Å². The van der Waals surface area contributed by atoms with Crippen LogP contribution < -0.4 is 5.56 Å². The van der Waals surface area contributed by atoms with Gasteiger partial charge in [-0.2, -0.15) is 0 Å². The first-order valence-corrected chi connectivity index (χ1v) is 10.9. The zero-order valence-corrected chi connectivity index (χ0v) is 18.1. The maximum atomic E-state index is 13.5. The van der Waals surface area contributed by atoms with E-state index in [1.54, 1.807) is 28.8 Å². The van der Waals surface area contributed by atoms with Crippen molar-refractivity contribution in [2.45, 2.75) is 32.9 Å². The molecule has 0 unspecified atom stereocenters. The van der Waals surface area contributed by atoms with Crippen molar-refractivity contribution in [1.82, 2.24) is 14.4 Å². The molecule has 1 atom stereocenters. The maximum absolute atomic E-state index is 13.5. The molecular formula is C25H29N3O3. The Morgan fingerprint density at radius 1 is 0.968 bits per heavy atom. The molecule has 1 saturated heterocycles. The number of hydrogen-bond acceptors (Lipinski definition) is 4. The monoisotopic (exact) mass is 419 g/mol. The summed E-state index contributed by atoms with van der Waals surface area (Å²) < 4.78 is 1.59. The lowest BCUT2D eigenvalue weighted by atomic mass is 10.0. The molecule has 1 aliphatic rings. The summed E-state index contributed by atoms with van der Waals surface area (Å²) >= 11 is 0. The lowest BCUT2D eigenvalue weighted by molar-refractivity contribution is 0.0691. The van der Waals surface area contributed by atoms with Crippen molar-refractivity contribution in [3.8, 4) is 5.69 Å². The summed E-state index contributed by atoms with van der Waals surface area (Å²) in [5.41, 5.74) is 1.26. The number of aromatic nitrogens is 1. The second-order valence-electron chi connectivity index (χ2n) is 8.22. The van der Waals surface area contributed by atoms with Gasteiger partial charge in [0.1, 0.15) is 0 Å². The standard InChI is InChI=1S/C25H29N3O3/c1-3-18(2)27-15-13-26(14-16-27)17-22-23(25(30)31)20-11-7-8-12-21(20)24(29)28(22)19-9-5-4-6-10-19/h4-12,18H,3,13-17H2,1-2H3,(H,30,31)/t18-/m0/s1. The number of benzene rings is 2. The van der Waals surface area contributed by atoms with Crippen LogP contribution in [-0.4, -0.2) is 57.7 Å². The fourth-order valence-electron chi connectivity index (χ4n) is 4.47. The number of rotatable bonds is 6. The average Bonchev–Trinajstić information content (AvgIpc) is 2.79. The van der Waals surface area contributed by atoms with Crippen LogP contribution in [0.1, 0.15) is 36.3 Å². The van der Waals surface area contributed by atoms with Crippen molar-refractivity contribution in [3.05, 3.63) is 76.2 Å². The smallest absolute Gasteiger partial charge is 0.338 e. The second-order valence-corrected chi connectivity index (χ2v) is 8.22. The predicted molar refractivity (Wildman–Crippen MR) is 123 cm³/mol. The number of piperazine rings is 1. The topological polar surface area (TPSA) is 65.8 Å². The van der Waals surface area contributed by atoms with Gasteiger partial charge in [-0.05, 0) is 31.5 Å². The number of nitrogens with zero attached hydrogens (tertiary/aromatic N) is 3. The van der Waals surface area contributed by atoms with E-state index < -0.39 is 5.97 Å². The van der Waals surface area contributed by atoms with Gasteiger partial charge >= 0.3 is 5.97 Å². The van der Waals surface area contributed by atoms with Gasteiger partial charge < -0.3 is 5.11 Å². The minimum Gasteiger partial charge on any atom is -0.478 e. The zero-order valence-electron chi connectivity index (χ0n) is 18.1. The highest BCUT2D eigenvalue weighted by molar-refractivity contribution is 6.04. The number of aromatic carboxylic acids is 1. The van der Waals surface area contributed by atoms with Crippen molar-refractivity contribution in [1.29, 1.82) is 0 Å². The molecule has 1 fully saturated rings. The van der Waals surface area contributed by atoms with Gasteiger partial charge in [-0.25, -0.2) is 4.79 Å². The van der Waals surface area contributed by atoms with Crippen molar-refractivity contribution in [2.75, 3.05) is 26.2 Å². The van der Waals surface area contributed by atoms with Crippen molar-refractivity contribution in [2.24, 2.45) is 0 Å². The summed E-state index contributed by atoms with van der Waals surface area (Å²) in [4.78, 5) is 30.6. The van der Waals surface area contributed by atoms with Crippen LogP contribution in [0.25, 0.3) is 16.5 Å². The number of carboxylic acid groups (broad SMARTS) is 1. The summed E-state index contributed by atoms with van der Waals surface area (Å²) in [7, 11) is 0. The molecule has 162 valence electrons. The molecule has 0 amide bonds. The molecule has 0 aliphatic carbocycles. The van der Waals surface area contributed by atoms with Gasteiger partial charge in [0.2, 0.25) is 0 Å². The first-order chi connectivity index (χ1) is 15.0. The summed E-state index contributed by atoms with van der Waals surface area (Å²) in [6.45, 7) is 8.45. The van der Waals surface area contributed by atoms with E-state index in [1.807, 2.05) is 30.3 Å². The van der Waals surface area contributed by atoms with Gasteiger partial charge in [-0.3, -0.25) is 19.2 Å². The predicted octanol–water partition coefficient (Wildman–Crippen LogP) is 3.61. The number of carboxylic acids is 1. The number of para-hydroxylation sites is 1. The number of pyridine rings is 1. The van der Waals surface area contributed by atoms with Crippen molar-refractivity contribution < 1.29 is 9.90 Å². The molecular weight excluding hydrogens is 390 g/mol. The quantitative estimate of drug-likeness (QED) is 0.661. The number of hydrogen-bond donors (Lipinski definition) is 1. The zero-order chi connectivity index (χ0) is 22.0. The van der Waals surface area contributed by atoms with E-state index in [9.17, 15) is 14.7 Å². The lowest BCUT2D eigenvalue weighted by Gasteiger charge is -2.38. The van der Waals surface area contributed by atoms with Crippen LogP contribution in [0.5, 0.6) is 0 Å². The molecule has 1 N–H and O–H groups in total. The molecule has 6 heteroatoms. The van der Waals surface area contributed by atoms with Crippen LogP contribution >= 0.6 is 0 Å². The van der Waals surface area contributed by atoms with Crippen molar-refractivity contribution in [3.63, 3.8) is 0 Å². The molecule has 0 spiro atoms. The number of carbonyl (C=O) groups is 1. The van der Waals surface area contributed by atoms with Crippen LogP contribution in [-0.2, 0) is 6.54 Å². The highest BCUT2D eigenvalue weighted by atomic mass is 16.4. The highest BCUT2D eigenvalue weighted by Crippen LogP contribution is 2.24. The molecule has 2 aromatic carbocycles. The van der Waals surface area contributed by atoms with Crippen molar-refractivity contribution >= 4 is 16.7 Å². The van der Waals surface area contributed by atoms with E-state index in [1.165, 1.54) is 0 Å². The third kappa shape index (κ3) is 4.13. The van der Waals surface area contributed by atoms with E-state index in [2.05, 4.69) is 23.6 Å². The summed E-state index contributed by atoms with van der Waals surface area (Å²) in [5.74, 6) is -1.01. The van der Waals surface area contributed by atoms with Gasteiger partial charge in [0, 0.05) is 55.2 Å². The Hall–Kier alpha value is -2.96. The molecule has 4 rings (SSSR count). The summed E-state index contributed by atoms with van der Waals surface area (Å²) in [5, 5.41) is 11.1. The van der Waals surface area contributed by atoms with Crippen LogP contribution in [0, 0.1) is 0 Å². The molecule has 6 nitrogen and oxygen atoms in total. The Morgan fingerprint density at radius 3 is 2.19 bits per heavy atom. The Morgan fingerprint density at radius 2 is 1.58 bits per heavy atom. The fourth-order valence-corrected chi connectivity index (χ4v) is 4.47. The van der Waals surface area contributed by atoms with Gasteiger partial charge in [0.05, 0.1) is 11.3 Å². The Kier molecular flexibility index (Phi) is 6.20. The molecule has 0 saturated carbocycles. The first-order valence-electron chi connectivity index (χ1n) is 10.9. The molecule has 1 aliphatic heterocycles. The SMILES string of the molecule is CC[C@H](C)N1CCN(Cc2c(C(=O)O)c3ccccc3c(=O)n2-c2ccccc2)CC1. The molecule has 31 heavy (non-hydrogen) atoms. The molecule has 1 aromatic heterocycles. The van der Waals surface area contributed by atoms with Gasteiger partial charge in [0.25, 0.3) is 5.56 Å². The van der Waals surface area contributed by atoms with Gasteiger partial charge in [-0.15, -0.1) is 0 Å². The molecule has 0 bridgehead atoms. The van der Waals surface area contributed by atoms with E-state index in [0.29, 0.717) is 34.7 Å².